The number of aromatic nitrogens is 3. The van der Waals surface area contributed by atoms with E-state index in [0.29, 0.717) is 18.4 Å². The summed E-state index contributed by atoms with van der Waals surface area (Å²) in [6.45, 7) is 9.36. The summed E-state index contributed by atoms with van der Waals surface area (Å²) in [5.74, 6) is 1.75. The van der Waals surface area contributed by atoms with Crippen LogP contribution in [0.2, 0.25) is 0 Å². The fourth-order valence-electron chi connectivity index (χ4n) is 2.69. The van der Waals surface area contributed by atoms with Gasteiger partial charge in [-0.15, -0.1) is 10.2 Å². The highest BCUT2D eigenvalue weighted by molar-refractivity contribution is 5.37. The summed E-state index contributed by atoms with van der Waals surface area (Å²) in [6.07, 6.45) is 5.46. The molecule has 126 valence electrons. The van der Waals surface area contributed by atoms with Crippen LogP contribution in [-0.2, 0) is 16.6 Å². The second kappa shape index (κ2) is 8.27. The summed E-state index contributed by atoms with van der Waals surface area (Å²) in [5, 5.41) is 8.19. The number of carbonyl (C=O) groups excluding carboxylic acids is 1. The number of hydrogen-bond acceptors (Lipinski definition) is 5. The second-order valence-corrected chi connectivity index (χ2v) is 6.89. The summed E-state index contributed by atoms with van der Waals surface area (Å²) in [6, 6.07) is 0.709. The molecule has 2 atom stereocenters. The summed E-state index contributed by atoms with van der Waals surface area (Å²) in [5.41, 5.74) is -0.318. The third kappa shape index (κ3) is 5.75. The zero-order valence-corrected chi connectivity index (χ0v) is 14.7. The first-order chi connectivity index (χ1) is 10.3. The molecule has 1 aliphatic rings. The zero-order chi connectivity index (χ0) is 16.8. The Kier molecular flexibility index (Phi) is 7.00. The highest BCUT2D eigenvalue weighted by Gasteiger charge is 2.28. The van der Waals surface area contributed by atoms with E-state index in [-0.39, 0.29) is 5.60 Å². The average Bonchev–Trinajstić information content (AvgIpc) is 2.85. The lowest BCUT2D eigenvalue weighted by Gasteiger charge is -2.36. The zero-order valence-electron chi connectivity index (χ0n) is 14.7. The molecule has 0 bridgehead atoms. The Hall–Kier alpha value is -1.43. The van der Waals surface area contributed by atoms with Gasteiger partial charge < -0.3 is 14.2 Å². The fourth-order valence-corrected chi connectivity index (χ4v) is 2.69. The van der Waals surface area contributed by atoms with Crippen LogP contribution in [0.15, 0.2) is 6.33 Å². The van der Waals surface area contributed by atoms with Gasteiger partial charge in [-0.2, -0.15) is 0 Å². The molecule has 0 saturated carbocycles. The number of nitrogens with zero attached hydrogens (tertiary/aromatic N) is 4. The average molecular weight is 310 g/mol. The van der Waals surface area contributed by atoms with Crippen LogP contribution in [0.5, 0.6) is 0 Å². The Morgan fingerprint density at radius 1 is 1.41 bits per heavy atom. The van der Waals surface area contributed by atoms with E-state index < -0.39 is 0 Å². The molecule has 0 N–H and O–H groups in total. The molecular weight excluding hydrogens is 280 g/mol. The molecule has 6 heteroatoms. The monoisotopic (exact) mass is 310 g/mol. The molecule has 1 aromatic rings. The maximum absolute atomic E-state index is 9.60. The van der Waals surface area contributed by atoms with E-state index in [4.69, 9.17) is 0 Å². The Morgan fingerprint density at radius 3 is 2.50 bits per heavy atom. The van der Waals surface area contributed by atoms with Crippen molar-refractivity contribution in [3.05, 3.63) is 12.2 Å². The topological polar surface area (TPSA) is 60.2 Å². The number of aryl methyl sites for hydroxylation is 1. The van der Waals surface area contributed by atoms with Gasteiger partial charge in [0.2, 0.25) is 0 Å². The maximum atomic E-state index is 9.60. The van der Waals surface area contributed by atoms with Crippen LogP contribution in [0.4, 0.5) is 0 Å². The van der Waals surface area contributed by atoms with Crippen molar-refractivity contribution in [3.63, 3.8) is 0 Å². The highest BCUT2D eigenvalue weighted by Crippen LogP contribution is 2.30. The first-order valence-electron chi connectivity index (χ1n) is 7.94. The number of hydrogen-bond donors (Lipinski definition) is 0. The van der Waals surface area contributed by atoms with Gasteiger partial charge in [0.05, 0.1) is 0 Å². The Bertz CT molecular complexity index is 453. The standard InChI is InChI=1S/C11H20N4.C5H10O2/c1-4-10-7-9(5-6-14(10)2)11-13-12-8-15(11)3;1-5(2,3)7-4-6/h8-10H,4-7H2,1-3H3;4H,1-3H3/t9-,10-;/m1./s1. The lowest BCUT2D eigenvalue weighted by atomic mass is 9.89. The van der Waals surface area contributed by atoms with Crippen LogP contribution < -0.4 is 0 Å². The van der Waals surface area contributed by atoms with Gasteiger partial charge in [0.1, 0.15) is 17.8 Å². The number of carbonyl (C=O) groups is 1. The smallest absolute Gasteiger partial charge is 0.293 e. The largest absolute Gasteiger partial charge is 0.462 e. The Balaban J connectivity index is 0.000000295. The van der Waals surface area contributed by atoms with Gasteiger partial charge in [-0.1, -0.05) is 6.92 Å². The van der Waals surface area contributed by atoms with Crippen molar-refractivity contribution in [2.45, 2.75) is 64.5 Å². The van der Waals surface area contributed by atoms with Crippen LogP contribution in [-0.4, -0.2) is 51.4 Å². The molecule has 6 nitrogen and oxygen atoms in total. The van der Waals surface area contributed by atoms with Gasteiger partial charge in [-0.05, 0) is 53.6 Å². The minimum atomic E-state index is -0.318. The van der Waals surface area contributed by atoms with Crippen molar-refractivity contribution < 1.29 is 9.53 Å². The Labute approximate surface area is 133 Å². The molecule has 2 heterocycles. The lowest BCUT2D eigenvalue weighted by molar-refractivity contribution is -0.138. The van der Waals surface area contributed by atoms with E-state index in [0.717, 1.165) is 5.82 Å². The van der Waals surface area contributed by atoms with Crippen LogP contribution >= 0.6 is 0 Å². The molecule has 22 heavy (non-hydrogen) atoms. The molecule has 0 radical (unpaired) electrons. The highest BCUT2D eigenvalue weighted by atomic mass is 16.5. The first-order valence-corrected chi connectivity index (χ1v) is 7.94. The molecule has 0 aromatic carbocycles. The molecule has 1 saturated heterocycles. The number of rotatable bonds is 3. The van der Waals surface area contributed by atoms with E-state index in [1.165, 1.54) is 25.8 Å². The van der Waals surface area contributed by atoms with Crippen molar-refractivity contribution in [2.24, 2.45) is 7.05 Å². The molecule has 0 unspecified atom stereocenters. The minimum absolute atomic E-state index is 0.318. The van der Waals surface area contributed by atoms with Crippen molar-refractivity contribution in [2.75, 3.05) is 13.6 Å². The molecule has 0 amide bonds. The van der Waals surface area contributed by atoms with Crippen LogP contribution in [0, 0.1) is 0 Å². The third-order valence-corrected chi connectivity index (χ3v) is 3.99. The van der Waals surface area contributed by atoms with E-state index >= 15 is 0 Å². The minimum Gasteiger partial charge on any atom is -0.462 e. The van der Waals surface area contributed by atoms with Crippen LogP contribution in [0.1, 0.15) is 58.7 Å². The van der Waals surface area contributed by atoms with Gasteiger partial charge in [-0.3, -0.25) is 4.79 Å². The molecule has 1 aliphatic heterocycles. The SMILES string of the molecule is CC(C)(C)OC=O.CC[C@@H]1C[C@H](c2nncn2C)CCN1C. The molecule has 0 aliphatic carbocycles. The summed E-state index contributed by atoms with van der Waals surface area (Å²) < 4.78 is 6.61. The van der Waals surface area contributed by atoms with Crippen LogP contribution in [0.3, 0.4) is 0 Å². The van der Waals surface area contributed by atoms with Gasteiger partial charge in [-0.25, -0.2) is 0 Å². The van der Waals surface area contributed by atoms with Crippen LogP contribution in [0.25, 0.3) is 0 Å². The molecule has 0 spiro atoms. The van der Waals surface area contributed by atoms with Gasteiger partial charge in [0, 0.05) is 19.0 Å². The normalized spacial score (nSPS) is 22.6. The quantitative estimate of drug-likeness (QED) is 0.802. The van der Waals surface area contributed by atoms with E-state index in [2.05, 4.69) is 38.4 Å². The van der Waals surface area contributed by atoms with Gasteiger partial charge in [0.25, 0.3) is 6.47 Å². The van der Waals surface area contributed by atoms with Gasteiger partial charge >= 0.3 is 0 Å². The summed E-state index contributed by atoms with van der Waals surface area (Å²) in [4.78, 5) is 12.1. The van der Waals surface area contributed by atoms with Crippen molar-refractivity contribution in [1.82, 2.24) is 19.7 Å². The Morgan fingerprint density at radius 2 is 2.09 bits per heavy atom. The van der Waals surface area contributed by atoms with E-state index in [1.807, 2.05) is 27.8 Å². The summed E-state index contributed by atoms with van der Waals surface area (Å²) >= 11 is 0. The van der Waals surface area contributed by atoms with E-state index in [1.54, 1.807) is 6.33 Å². The van der Waals surface area contributed by atoms with Crippen molar-refractivity contribution >= 4 is 6.47 Å². The predicted molar refractivity (Wildman–Crippen MR) is 86.6 cm³/mol. The molecule has 1 aromatic heterocycles. The maximum Gasteiger partial charge on any atom is 0.293 e. The second-order valence-electron chi connectivity index (χ2n) is 6.89. The van der Waals surface area contributed by atoms with Crippen molar-refractivity contribution in [1.29, 1.82) is 0 Å². The van der Waals surface area contributed by atoms with Gasteiger partial charge in [0.15, 0.2) is 0 Å². The third-order valence-electron chi connectivity index (χ3n) is 3.99. The summed E-state index contributed by atoms with van der Waals surface area (Å²) in [7, 11) is 4.26. The number of ether oxygens (including phenoxy) is 1. The predicted octanol–water partition coefficient (Wildman–Crippen LogP) is 2.36. The lowest BCUT2D eigenvalue weighted by Crippen LogP contribution is -2.39. The van der Waals surface area contributed by atoms with E-state index in [9.17, 15) is 4.79 Å². The van der Waals surface area contributed by atoms with Crippen molar-refractivity contribution in [3.8, 4) is 0 Å². The number of piperidine rings is 1. The molecule has 1 fully saturated rings. The number of likely N-dealkylation sites (tertiary alicyclic amines) is 1. The molecular formula is C16H30N4O2. The molecule has 2 rings (SSSR count). The fraction of sp³-hybridized carbons (Fsp3) is 0.812. The first kappa shape index (κ1) is 18.6.